The molecule has 3 fully saturated rings. The molecule has 2 amide bonds. The molecule has 2 aliphatic heterocycles. The summed E-state index contributed by atoms with van der Waals surface area (Å²) in [6.07, 6.45) is 5.42. The van der Waals surface area contributed by atoms with Crippen molar-refractivity contribution in [1.82, 2.24) is 15.1 Å². The van der Waals surface area contributed by atoms with Crippen LogP contribution in [0.25, 0.3) is 0 Å². The number of carbonyl (C=O) groups is 2. The summed E-state index contributed by atoms with van der Waals surface area (Å²) in [7, 11) is 0. The molecule has 3 aliphatic rings. The number of carbonyl (C=O) groups excluding carboxylic acids is 2. The Hall–Kier alpha value is -1.92. The second kappa shape index (κ2) is 9.92. The van der Waals surface area contributed by atoms with Gasteiger partial charge < -0.3 is 19.9 Å². The topological polar surface area (TPSA) is 61.9 Å². The number of hydrogen-bond donors (Lipinski definition) is 1. The highest BCUT2D eigenvalue weighted by atomic mass is 16.5. The van der Waals surface area contributed by atoms with Gasteiger partial charge in [0.2, 0.25) is 11.8 Å². The summed E-state index contributed by atoms with van der Waals surface area (Å²) in [5.74, 6) is 1.61. The van der Waals surface area contributed by atoms with Gasteiger partial charge in [-0.15, -0.1) is 0 Å². The van der Waals surface area contributed by atoms with E-state index in [0.717, 1.165) is 36.7 Å². The third kappa shape index (κ3) is 6.05. The Kier molecular flexibility index (Phi) is 7.05. The number of nitrogens with one attached hydrogen (secondary N) is 1. The molecule has 1 aliphatic carbocycles. The largest absolute Gasteiger partial charge is 0.365 e. The minimum absolute atomic E-state index is 0.000570. The minimum atomic E-state index is -0.126. The Balaban J connectivity index is 1.19. The molecule has 6 nitrogen and oxygen atoms in total. The van der Waals surface area contributed by atoms with E-state index in [0.29, 0.717) is 25.4 Å². The van der Waals surface area contributed by atoms with E-state index in [4.69, 9.17) is 4.74 Å². The molecule has 1 aromatic rings. The Labute approximate surface area is 179 Å². The first kappa shape index (κ1) is 21.3. The molecule has 1 N–H and O–H groups in total. The van der Waals surface area contributed by atoms with Gasteiger partial charge in [-0.05, 0) is 68.7 Å². The summed E-state index contributed by atoms with van der Waals surface area (Å²) in [6.45, 7) is 7.60. The zero-order valence-corrected chi connectivity index (χ0v) is 18.1. The number of amides is 2. The summed E-state index contributed by atoms with van der Waals surface area (Å²) < 4.78 is 5.69. The highest BCUT2D eigenvalue weighted by Crippen LogP contribution is 2.31. The van der Waals surface area contributed by atoms with Crippen LogP contribution >= 0.6 is 0 Å². The standard InChI is InChI=1S/C24H35N3O3/c1-18-4-2-3-5-21(18)12-23(28)25-13-22-16-27(24(29)17-30-22)15-20-8-10-26(11-9-20)14-19-6-7-19/h2-5,19-20,22H,6-17H2,1H3,(H,25,28). The van der Waals surface area contributed by atoms with Gasteiger partial charge in [-0.1, -0.05) is 24.3 Å². The van der Waals surface area contributed by atoms with Crippen LogP contribution in [0.3, 0.4) is 0 Å². The maximum atomic E-state index is 12.4. The molecule has 1 aromatic carbocycles. The lowest BCUT2D eigenvalue weighted by Crippen LogP contribution is -2.52. The van der Waals surface area contributed by atoms with Crippen molar-refractivity contribution in [3.05, 3.63) is 35.4 Å². The van der Waals surface area contributed by atoms with Gasteiger partial charge >= 0.3 is 0 Å². The first-order valence-electron chi connectivity index (χ1n) is 11.5. The van der Waals surface area contributed by atoms with E-state index in [1.165, 1.54) is 32.2 Å². The molecule has 0 radical (unpaired) electrons. The molecule has 6 heteroatoms. The summed E-state index contributed by atoms with van der Waals surface area (Å²) in [5, 5.41) is 2.99. The van der Waals surface area contributed by atoms with E-state index in [9.17, 15) is 9.59 Å². The smallest absolute Gasteiger partial charge is 0.248 e. The van der Waals surface area contributed by atoms with Crippen LogP contribution in [0, 0.1) is 18.8 Å². The van der Waals surface area contributed by atoms with Crippen LogP contribution in [-0.4, -0.2) is 73.6 Å². The molecule has 2 heterocycles. The zero-order valence-electron chi connectivity index (χ0n) is 18.1. The van der Waals surface area contributed by atoms with Gasteiger partial charge in [-0.25, -0.2) is 0 Å². The predicted octanol–water partition coefficient (Wildman–Crippen LogP) is 2.00. The van der Waals surface area contributed by atoms with Crippen molar-refractivity contribution in [2.45, 2.75) is 45.1 Å². The number of rotatable bonds is 8. The molecule has 0 aromatic heterocycles. The number of likely N-dealkylation sites (tertiary alicyclic amines) is 1. The SMILES string of the molecule is Cc1ccccc1CC(=O)NCC1CN(CC2CCN(CC3CC3)CC2)C(=O)CO1. The maximum absolute atomic E-state index is 12.4. The lowest BCUT2D eigenvalue weighted by atomic mass is 9.95. The van der Waals surface area contributed by atoms with Gasteiger partial charge in [0, 0.05) is 26.2 Å². The first-order chi connectivity index (χ1) is 14.6. The number of benzene rings is 1. The van der Waals surface area contributed by atoms with Crippen LogP contribution in [0.1, 0.15) is 36.8 Å². The average Bonchev–Trinajstić information content (AvgIpc) is 3.56. The van der Waals surface area contributed by atoms with Crippen LogP contribution < -0.4 is 5.32 Å². The first-order valence-corrected chi connectivity index (χ1v) is 11.5. The molecule has 1 saturated carbocycles. The molecule has 0 spiro atoms. The van der Waals surface area contributed by atoms with Gasteiger partial charge in [-0.2, -0.15) is 0 Å². The van der Waals surface area contributed by atoms with Crippen molar-refractivity contribution in [2.24, 2.45) is 11.8 Å². The molecule has 30 heavy (non-hydrogen) atoms. The van der Waals surface area contributed by atoms with Gasteiger partial charge in [0.15, 0.2) is 0 Å². The summed E-state index contributed by atoms with van der Waals surface area (Å²) >= 11 is 0. The zero-order chi connectivity index (χ0) is 20.9. The normalized spacial score (nSPS) is 23.6. The van der Waals surface area contributed by atoms with Crippen molar-refractivity contribution in [1.29, 1.82) is 0 Å². The highest BCUT2D eigenvalue weighted by Gasteiger charge is 2.31. The molecule has 0 bridgehead atoms. The van der Waals surface area contributed by atoms with Gasteiger partial charge in [0.1, 0.15) is 6.61 Å². The van der Waals surface area contributed by atoms with Gasteiger partial charge in [-0.3, -0.25) is 9.59 Å². The van der Waals surface area contributed by atoms with Crippen LogP contribution in [0.2, 0.25) is 0 Å². The Morgan fingerprint density at radius 1 is 1.10 bits per heavy atom. The summed E-state index contributed by atoms with van der Waals surface area (Å²) in [5.41, 5.74) is 2.17. The number of hydrogen-bond acceptors (Lipinski definition) is 4. The third-order valence-corrected chi connectivity index (χ3v) is 6.76. The second-order valence-corrected chi connectivity index (χ2v) is 9.33. The second-order valence-electron chi connectivity index (χ2n) is 9.33. The monoisotopic (exact) mass is 413 g/mol. The average molecular weight is 414 g/mol. The Morgan fingerprint density at radius 2 is 1.83 bits per heavy atom. The highest BCUT2D eigenvalue weighted by molar-refractivity contribution is 5.79. The van der Waals surface area contributed by atoms with Crippen molar-refractivity contribution in [3.8, 4) is 0 Å². The third-order valence-electron chi connectivity index (χ3n) is 6.76. The van der Waals surface area contributed by atoms with E-state index in [-0.39, 0.29) is 24.5 Å². The van der Waals surface area contributed by atoms with E-state index in [1.807, 2.05) is 36.1 Å². The fourth-order valence-electron chi connectivity index (χ4n) is 4.58. The van der Waals surface area contributed by atoms with Gasteiger partial charge in [0.05, 0.1) is 12.5 Å². The van der Waals surface area contributed by atoms with Crippen molar-refractivity contribution < 1.29 is 14.3 Å². The molecular weight excluding hydrogens is 378 g/mol. The number of morpholine rings is 1. The molecule has 164 valence electrons. The molecular formula is C24H35N3O3. The van der Waals surface area contributed by atoms with Crippen LogP contribution in [0.15, 0.2) is 24.3 Å². The van der Waals surface area contributed by atoms with Crippen molar-refractivity contribution >= 4 is 11.8 Å². The van der Waals surface area contributed by atoms with Crippen LogP contribution in [0.5, 0.6) is 0 Å². The number of aryl methyl sites for hydroxylation is 1. The molecule has 1 unspecified atom stereocenters. The Bertz CT molecular complexity index is 741. The van der Waals surface area contributed by atoms with E-state index in [2.05, 4.69) is 10.2 Å². The van der Waals surface area contributed by atoms with Crippen molar-refractivity contribution in [3.63, 3.8) is 0 Å². The summed E-state index contributed by atoms with van der Waals surface area (Å²) in [4.78, 5) is 29.2. The van der Waals surface area contributed by atoms with E-state index >= 15 is 0 Å². The maximum Gasteiger partial charge on any atom is 0.248 e. The van der Waals surface area contributed by atoms with Crippen molar-refractivity contribution in [2.75, 3.05) is 45.9 Å². The summed E-state index contributed by atoms with van der Waals surface area (Å²) in [6, 6.07) is 7.95. The Morgan fingerprint density at radius 3 is 2.57 bits per heavy atom. The number of nitrogens with zero attached hydrogens (tertiary/aromatic N) is 2. The lowest BCUT2D eigenvalue weighted by molar-refractivity contribution is -0.150. The van der Waals surface area contributed by atoms with E-state index < -0.39 is 0 Å². The lowest BCUT2D eigenvalue weighted by Gasteiger charge is -2.38. The quantitative estimate of drug-likeness (QED) is 0.708. The van der Waals surface area contributed by atoms with E-state index in [1.54, 1.807) is 0 Å². The molecule has 1 atom stereocenters. The minimum Gasteiger partial charge on any atom is -0.365 e. The van der Waals surface area contributed by atoms with Gasteiger partial charge in [0.25, 0.3) is 0 Å². The van der Waals surface area contributed by atoms with Crippen LogP contribution in [-0.2, 0) is 20.7 Å². The molecule has 2 saturated heterocycles. The molecule has 4 rings (SSSR count). The fourth-order valence-corrected chi connectivity index (χ4v) is 4.58. The number of ether oxygens (including phenoxy) is 1. The number of piperidine rings is 1. The van der Waals surface area contributed by atoms with Crippen LogP contribution in [0.4, 0.5) is 0 Å². The predicted molar refractivity (Wildman–Crippen MR) is 116 cm³/mol. The fraction of sp³-hybridized carbons (Fsp3) is 0.667.